The summed E-state index contributed by atoms with van der Waals surface area (Å²) >= 11 is 0. The van der Waals surface area contributed by atoms with Gasteiger partial charge in [0.05, 0.1) is 6.10 Å². The van der Waals surface area contributed by atoms with Crippen molar-refractivity contribution in [2.45, 2.75) is 12.5 Å². The molecular formula is C10H11NO. The first kappa shape index (κ1) is 7.62. The SMILES string of the molecule is [CH]c1cccc2c1CC(O)CN2. The molecule has 0 aliphatic carbocycles. The molecule has 1 unspecified atom stereocenters. The van der Waals surface area contributed by atoms with Crippen molar-refractivity contribution in [1.82, 2.24) is 0 Å². The van der Waals surface area contributed by atoms with Crippen LogP contribution in [0.4, 0.5) is 5.69 Å². The Kier molecular flexibility index (Phi) is 1.77. The zero-order valence-electron chi connectivity index (χ0n) is 6.75. The minimum atomic E-state index is -0.304. The van der Waals surface area contributed by atoms with Gasteiger partial charge in [-0.25, -0.2) is 0 Å². The number of β-amino-alcohol motifs (C(OH)–C–C–N with tert-alkyl or cyclic N) is 1. The van der Waals surface area contributed by atoms with Gasteiger partial charge < -0.3 is 10.4 Å². The number of hydrogen-bond acceptors (Lipinski definition) is 2. The third kappa shape index (κ3) is 1.18. The molecule has 1 aromatic carbocycles. The Morgan fingerprint density at radius 3 is 3.17 bits per heavy atom. The molecule has 1 heterocycles. The molecule has 1 atom stereocenters. The molecule has 0 saturated heterocycles. The van der Waals surface area contributed by atoms with E-state index in [1.807, 2.05) is 18.2 Å². The number of hydrogen-bond donors (Lipinski definition) is 2. The Morgan fingerprint density at radius 1 is 1.50 bits per heavy atom. The minimum absolute atomic E-state index is 0.304. The summed E-state index contributed by atoms with van der Waals surface area (Å²) in [5.74, 6) is 0. The van der Waals surface area contributed by atoms with Crippen molar-refractivity contribution in [1.29, 1.82) is 0 Å². The average Bonchev–Trinajstić information content (AvgIpc) is 2.07. The molecule has 0 spiro atoms. The first-order chi connectivity index (χ1) is 5.77. The largest absolute Gasteiger partial charge is 0.391 e. The third-order valence-corrected chi connectivity index (χ3v) is 2.18. The number of rotatable bonds is 0. The van der Waals surface area contributed by atoms with Crippen molar-refractivity contribution in [3.63, 3.8) is 0 Å². The van der Waals surface area contributed by atoms with E-state index in [-0.39, 0.29) is 6.10 Å². The van der Waals surface area contributed by atoms with Gasteiger partial charge in [0.15, 0.2) is 0 Å². The fourth-order valence-corrected chi connectivity index (χ4v) is 1.53. The Morgan fingerprint density at radius 2 is 2.33 bits per heavy atom. The molecular weight excluding hydrogens is 150 g/mol. The van der Waals surface area contributed by atoms with Crippen LogP contribution >= 0.6 is 0 Å². The fraction of sp³-hybridized carbons (Fsp3) is 0.300. The monoisotopic (exact) mass is 161 g/mol. The van der Waals surface area contributed by atoms with E-state index in [9.17, 15) is 5.11 Å². The van der Waals surface area contributed by atoms with Crippen LogP contribution in [0, 0.1) is 6.92 Å². The van der Waals surface area contributed by atoms with Crippen molar-refractivity contribution in [3.05, 3.63) is 36.2 Å². The lowest BCUT2D eigenvalue weighted by atomic mass is 9.97. The summed E-state index contributed by atoms with van der Waals surface area (Å²) in [5.41, 5.74) is 2.86. The Hall–Kier alpha value is -1.02. The summed E-state index contributed by atoms with van der Waals surface area (Å²) in [6, 6.07) is 5.76. The second kappa shape index (κ2) is 2.79. The molecule has 0 saturated carbocycles. The molecule has 0 amide bonds. The van der Waals surface area contributed by atoms with Gasteiger partial charge in [0.1, 0.15) is 0 Å². The smallest absolute Gasteiger partial charge is 0.0753 e. The minimum Gasteiger partial charge on any atom is -0.391 e. The second-order valence-corrected chi connectivity index (χ2v) is 3.11. The van der Waals surface area contributed by atoms with E-state index in [1.54, 1.807) is 0 Å². The molecule has 12 heavy (non-hydrogen) atoms. The molecule has 2 rings (SSSR count). The highest BCUT2D eigenvalue weighted by Gasteiger charge is 2.16. The maximum atomic E-state index is 9.36. The van der Waals surface area contributed by atoms with Gasteiger partial charge in [0.25, 0.3) is 0 Å². The average molecular weight is 161 g/mol. The van der Waals surface area contributed by atoms with Crippen LogP contribution in [0.25, 0.3) is 0 Å². The van der Waals surface area contributed by atoms with Gasteiger partial charge in [-0.15, -0.1) is 0 Å². The first-order valence-electron chi connectivity index (χ1n) is 4.06. The Bertz CT molecular complexity index is 296. The molecule has 1 aliphatic heterocycles. The molecule has 0 aromatic heterocycles. The fourth-order valence-electron chi connectivity index (χ4n) is 1.53. The van der Waals surface area contributed by atoms with E-state index in [1.165, 1.54) is 0 Å². The number of aliphatic hydroxyl groups excluding tert-OH is 1. The van der Waals surface area contributed by atoms with Gasteiger partial charge in [-0.1, -0.05) is 12.1 Å². The molecule has 2 heteroatoms. The van der Waals surface area contributed by atoms with Crippen molar-refractivity contribution < 1.29 is 5.11 Å². The molecule has 0 bridgehead atoms. The van der Waals surface area contributed by atoms with Gasteiger partial charge >= 0.3 is 0 Å². The molecule has 2 nitrogen and oxygen atoms in total. The number of nitrogens with one attached hydrogen (secondary N) is 1. The van der Waals surface area contributed by atoms with E-state index in [0.717, 1.165) is 16.8 Å². The predicted octanol–water partition coefficient (Wildman–Crippen LogP) is 1.07. The third-order valence-electron chi connectivity index (χ3n) is 2.18. The topological polar surface area (TPSA) is 32.3 Å². The van der Waals surface area contributed by atoms with E-state index in [2.05, 4.69) is 5.32 Å². The van der Waals surface area contributed by atoms with Crippen molar-refractivity contribution >= 4 is 5.69 Å². The van der Waals surface area contributed by atoms with Crippen molar-refractivity contribution in [2.75, 3.05) is 11.9 Å². The summed E-state index contributed by atoms with van der Waals surface area (Å²) in [6.45, 7) is 6.37. The van der Waals surface area contributed by atoms with E-state index in [4.69, 9.17) is 6.92 Å². The maximum Gasteiger partial charge on any atom is 0.0753 e. The summed E-state index contributed by atoms with van der Waals surface area (Å²) in [7, 11) is 0. The van der Waals surface area contributed by atoms with Crippen molar-refractivity contribution in [2.24, 2.45) is 0 Å². The molecule has 0 fully saturated rings. The van der Waals surface area contributed by atoms with Crippen LogP contribution in [-0.4, -0.2) is 17.8 Å². The Balaban J connectivity index is 2.43. The lowest BCUT2D eigenvalue weighted by molar-refractivity contribution is 0.184. The van der Waals surface area contributed by atoms with Crippen LogP contribution in [0.5, 0.6) is 0 Å². The Labute approximate surface area is 72.2 Å². The maximum absolute atomic E-state index is 9.36. The molecule has 2 N–H and O–H groups in total. The molecule has 1 aromatic rings. The summed E-state index contributed by atoms with van der Waals surface area (Å²) in [5, 5.41) is 12.5. The zero-order valence-corrected chi connectivity index (χ0v) is 6.75. The van der Waals surface area contributed by atoms with Crippen LogP contribution < -0.4 is 5.32 Å². The van der Waals surface area contributed by atoms with Crippen molar-refractivity contribution in [3.8, 4) is 0 Å². The summed E-state index contributed by atoms with van der Waals surface area (Å²) in [4.78, 5) is 0. The second-order valence-electron chi connectivity index (χ2n) is 3.11. The highest BCUT2D eigenvalue weighted by molar-refractivity contribution is 5.57. The first-order valence-corrected chi connectivity index (χ1v) is 4.06. The van der Waals surface area contributed by atoms with Crippen LogP contribution in [0.15, 0.2) is 18.2 Å². The van der Waals surface area contributed by atoms with Crippen LogP contribution in [0.1, 0.15) is 11.1 Å². The number of aliphatic hydroxyl groups is 1. The lowest BCUT2D eigenvalue weighted by Crippen LogP contribution is -2.27. The van der Waals surface area contributed by atoms with Gasteiger partial charge in [0, 0.05) is 18.7 Å². The zero-order chi connectivity index (χ0) is 8.55. The number of fused-ring (bicyclic) bond motifs is 1. The normalized spacial score (nSPS) is 21.3. The van der Waals surface area contributed by atoms with Gasteiger partial charge in [0.2, 0.25) is 0 Å². The van der Waals surface area contributed by atoms with E-state index in [0.29, 0.717) is 13.0 Å². The van der Waals surface area contributed by atoms with E-state index >= 15 is 0 Å². The lowest BCUT2D eigenvalue weighted by Gasteiger charge is -2.23. The van der Waals surface area contributed by atoms with E-state index < -0.39 is 0 Å². The quantitative estimate of drug-likeness (QED) is 0.596. The molecule has 1 aliphatic rings. The highest BCUT2D eigenvalue weighted by Crippen LogP contribution is 2.24. The summed E-state index contributed by atoms with van der Waals surface area (Å²) in [6.07, 6.45) is 0.358. The predicted molar refractivity (Wildman–Crippen MR) is 48.0 cm³/mol. The number of benzene rings is 1. The van der Waals surface area contributed by atoms with Crippen LogP contribution in [0.2, 0.25) is 0 Å². The van der Waals surface area contributed by atoms with Crippen LogP contribution in [-0.2, 0) is 6.42 Å². The number of anilines is 1. The summed E-state index contributed by atoms with van der Waals surface area (Å²) < 4.78 is 0. The van der Waals surface area contributed by atoms with Gasteiger partial charge in [-0.05, 0) is 24.1 Å². The molecule has 2 radical (unpaired) electrons. The highest BCUT2D eigenvalue weighted by atomic mass is 16.3. The standard InChI is InChI=1S/C10H11NO/c1-7-3-2-4-10-9(7)5-8(12)6-11-10/h1-4,8,11-12H,5-6H2. The van der Waals surface area contributed by atoms with Gasteiger partial charge in [-0.3, -0.25) is 0 Å². The van der Waals surface area contributed by atoms with Crippen LogP contribution in [0.3, 0.4) is 0 Å². The van der Waals surface area contributed by atoms with Gasteiger partial charge in [-0.2, -0.15) is 0 Å². The molecule has 62 valence electrons.